The highest BCUT2D eigenvalue weighted by molar-refractivity contribution is 5.97. The molecule has 0 spiro atoms. The predicted molar refractivity (Wildman–Crippen MR) is 69.5 cm³/mol. The largest absolute Gasteiger partial charge is 0.397 e. The maximum Gasteiger partial charge on any atom is 0.0951 e. The third-order valence-electron chi connectivity index (χ3n) is 2.82. The number of nitrogens with zero attached hydrogens (tertiary/aromatic N) is 1. The second kappa shape index (κ2) is 4.39. The minimum atomic E-state index is 0.451. The van der Waals surface area contributed by atoms with Crippen molar-refractivity contribution in [3.8, 4) is 0 Å². The summed E-state index contributed by atoms with van der Waals surface area (Å²) in [6, 6.07) is 8.33. The Kier molecular flexibility index (Phi) is 2.95. The van der Waals surface area contributed by atoms with Gasteiger partial charge in [0.05, 0.1) is 11.2 Å². The molecular formula is C13H17N3. The minimum Gasteiger partial charge on any atom is -0.397 e. The number of nitrogens with two attached hydrogens (primary N) is 1. The number of hydrogen-bond donors (Lipinski definition) is 2. The Labute approximate surface area is 95.7 Å². The lowest BCUT2D eigenvalue weighted by Gasteiger charge is -2.15. The average molecular weight is 215 g/mol. The van der Waals surface area contributed by atoms with Gasteiger partial charge in [-0.15, -0.1) is 0 Å². The molecule has 0 fully saturated rings. The number of anilines is 2. The first-order valence-corrected chi connectivity index (χ1v) is 5.62. The van der Waals surface area contributed by atoms with E-state index in [0.29, 0.717) is 6.04 Å². The summed E-state index contributed by atoms with van der Waals surface area (Å²) in [6.07, 6.45) is 2.88. The summed E-state index contributed by atoms with van der Waals surface area (Å²) in [5.41, 5.74) is 8.60. The molecule has 0 aliphatic rings. The number of para-hydroxylation sites is 1. The molecule has 0 amide bonds. The quantitative estimate of drug-likeness (QED) is 0.774. The number of nitrogen functional groups attached to an aromatic ring is 1. The van der Waals surface area contributed by atoms with E-state index in [9.17, 15) is 0 Å². The number of pyridine rings is 1. The van der Waals surface area contributed by atoms with E-state index in [4.69, 9.17) is 5.73 Å². The summed E-state index contributed by atoms with van der Waals surface area (Å²) in [7, 11) is 0. The molecule has 3 N–H and O–H groups in total. The van der Waals surface area contributed by atoms with E-state index >= 15 is 0 Å². The van der Waals surface area contributed by atoms with Crippen LogP contribution in [0.5, 0.6) is 0 Å². The Bertz CT molecular complexity index is 494. The molecule has 2 aromatic rings. The van der Waals surface area contributed by atoms with Gasteiger partial charge in [-0.3, -0.25) is 4.98 Å². The van der Waals surface area contributed by atoms with Gasteiger partial charge in [0.2, 0.25) is 0 Å². The third-order valence-corrected chi connectivity index (χ3v) is 2.82. The molecule has 16 heavy (non-hydrogen) atoms. The summed E-state index contributed by atoms with van der Waals surface area (Å²) >= 11 is 0. The van der Waals surface area contributed by atoms with Gasteiger partial charge in [0, 0.05) is 23.3 Å². The first-order chi connectivity index (χ1) is 7.72. The van der Waals surface area contributed by atoms with Crippen LogP contribution in [0.15, 0.2) is 30.5 Å². The zero-order valence-electron chi connectivity index (χ0n) is 9.70. The van der Waals surface area contributed by atoms with Crippen LogP contribution >= 0.6 is 0 Å². The summed E-state index contributed by atoms with van der Waals surface area (Å²) in [4.78, 5) is 4.31. The molecule has 0 aliphatic heterocycles. The van der Waals surface area contributed by atoms with Crippen molar-refractivity contribution in [2.75, 3.05) is 11.1 Å². The molecule has 0 saturated heterocycles. The van der Waals surface area contributed by atoms with Gasteiger partial charge in [-0.05, 0) is 25.5 Å². The summed E-state index contributed by atoms with van der Waals surface area (Å²) in [5, 5.41) is 4.55. The molecule has 84 valence electrons. The zero-order chi connectivity index (χ0) is 11.5. The van der Waals surface area contributed by atoms with E-state index < -0.39 is 0 Å². The Morgan fingerprint density at radius 1 is 1.38 bits per heavy atom. The van der Waals surface area contributed by atoms with Crippen LogP contribution in [0.3, 0.4) is 0 Å². The molecule has 0 saturated carbocycles. The average Bonchev–Trinajstić information content (AvgIpc) is 2.30. The zero-order valence-corrected chi connectivity index (χ0v) is 9.70. The molecule has 1 atom stereocenters. The van der Waals surface area contributed by atoms with Gasteiger partial charge < -0.3 is 11.1 Å². The number of rotatable bonds is 3. The standard InChI is InChI=1S/C13H17N3/c1-3-9(2)16-12-7-8-15-13-10(12)5-4-6-11(13)14/h4-9H,3,14H2,1-2H3,(H,15,16). The fourth-order valence-corrected chi connectivity index (χ4v) is 1.69. The Morgan fingerprint density at radius 3 is 2.94 bits per heavy atom. The van der Waals surface area contributed by atoms with Crippen LogP contribution in [0.4, 0.5) is 11.4 Å². The van der Waals surface area contributed by atoms with Crippen LogP contribution in [-0.2, 0) is 0 Å². The highest BCUT2D eigenvalue weighted by Gasteiger charge is 2.05. The molecule has 1 aromatic carbocycles. The van der Waals surface area contributed by atoms with Gasteiger partial charge in [-0.1, -0.05) is 19.1 Å². The molecule has 1 unspecified atom stereocenters. The molecular weight excluding hydrogens is 198 g/mol. The lowest BCUT2D eigenvalue weighted by molar-refractivity contribution is 0.765. The molecule has 1 aromatic heterocycles. The van der Waals surface area contributed by atoms with Crippen molar-refractivity contribution >= 4 is 22.3 Å². The smallest absolute Gasteiger partial charge is 0.0951 e. The van der Waals surface area contributed by atoms with Crippen LogP contribution < -0.4 is 11.1 Å². The van der Waals surface area contributed by atoms with E-state index in [1.54, 1.807) is 6.20 Å². The SMILES string of the molecule is CCC(C)Nc1ccnc2c(N)cccc12. The monoisotopic (exact) mass is 215 g/mol. The summed E-state index contributed by atoms with van der Waals surface area (Å²) < 4.78 is 0. The molecule has 3 nitrogen and oxygen atoms in total. The maximum absolute atomic E-state index is 5.90. The van der Waals surface area contributed by atoms with Gasteiger partial charge in [-0.25, -0.2) is 0 Å². The van der Waals surface area contributed by atoms with E-state index in [1.807, 2.05) is 24.3 Å². The molecule has 0 radical (unpaired) electrons. The van der Waals surface area contributed by atoms with Gasteiger partial charge in [-0.2, -0.15) is 0 Å². The second-order valence-electron chi connectivity index (χ2n) is 4.06. The van der Waals surface area contributed by atoms with E-state index in [-0.39, 0.29) is 0 Å². The van der Waals surface area contributed by atoms with Crippen molar-refractivity contribution < 1.29 is 0 Å². The van der Waals surface area contributed by atoms with Gasteiger partial charge in [0.25, 0.3) is 0 Å². The number of nitrogens with one attached hydrogen (secondary N) is 1. The van der Waals surface area contributed by atoms with Crippen molar-refractivity contribution in [2.45, 2.75) is 26.3 Å². The van der Waals surface area contributed by atoms with E-state index in [2.05, 4.69) is 24.1 Å². The number of fused-ring (bicyclic) bond motifs is 1. The molecule has 1 heterocycles. The number of hydrogen-bond acceptors (Lipinski definition) is 3. The fraction of sp³-hybridized carbons (Fsp3) is 0.308. The van der Waals surface area contributed by atoms with Crippen LogP contribution in [0.2, 0.25) is 0 Å². The van der Waals surface area contributed by atoms with Crippen molar-refractivity contribution in [3.63, 3.8) is 0 Å². The lowest BCUT2D eigenvalue weighted by atomic mass is 10.1. The van der Waals surface area contributed by atoms with Crippen LogP contribution in [0.25, 0.3) is 10.9 Å². The summed E-state index contributed by atoms with van der Waals surface area (Å²) in [5.74, 6) is 0. The maximum atomic E-state index is 5.90. The Morgan fingerprint density at radius 2 is 2.19 bits per heavy atom. The molecule has 0 aliphatic carbocycles. The van der Waals surface area contributed by atoms with Gasteiger partial charge in [0.15, 0.2) is 0 Å². The van der Waals surface area contributed by atoms with Crippen molar-refractivity contribution in [1.29, 1.82) is 0 Å². The fourth-order valence-electron chi connectivity index (χ4n) is 1.69. The van der Waals surface area contributed by atoms with Crippen LogP contribution in [0.1, 0.15) is 20.3 Å². The minimum absolute atomic E-state index is 0.451. The molecule has 0 bridgehead atoms. The van der Waals surface area contributed by atoms with Crippen LogP contribution in [-0.4, -0.2) is 11.0 Å². The molecule has 3 heteroatoms. The van der Waals surface area contributed by atoms with Gasteiger partial charge >= 0.3 is 0 Å². The van der Waals surface area contributed by atoms with Crippen molar-refractivity contribution in [2.24, 2.45) is 0 Å². The normalized spacial score (nSPS) is 12.6. The summed E-state index contributed by atoms with van der Waals surface area (Å²) in [6.45, 7) is 4.33. The highest BCUT2D eigenvalue weighted by Crippen LogP contribution is 2.25. The second-order valence-corrected chi connectivity index (χ2v) is 4.06. The van der Waals surface area contributed by atoms with Gasteiger partial charge in [0.1, 0.15) is 0 Å². The van der Waals surface area contributed by atoms with Crippen LogP contribution in [0, 0.1) is 0 Å². The Hall–Kier alpha value is -1.77. The Balaban J connectivity index is 2.50. The van der Waals surface area contributed by atoms with Crippen molar-refractivity contribution in [1.82, 2.24) is 4.98 Å². The van der Waals surface area contributed by atoms with E-state index in [1.165, 1.54) is 0 Å². The number of benzene rings is 1. The predicted octanol–water partition coefficient (Wildman–Crippen LogP) is 3.03. The highest BCUT2D eigenvalue weighted by atomic mass is 14.9. The first-order valence-electron chi connectivity index (χ1n) is 5.62. The third kappa shape index (κ3) is 1.94. The number of aromatic nitrogens is 1. The topological polar surface area (TPSA) is 50.9 Å². The first kappa shape index (κ1) is 10.7. The van der Waals surface area contributed by atoms with E-state index in [0.717, 1.165) is 28.7 Å². The molecule has 2 rings (SSSR count). The lowest BCUT2D eigenvalue weighted by Crippen LogP contribution is -2.13. The van der Waals surface area contributed by atoms with Crippen molar-refractivity contribution in [3.05, 3.63) is 30.5 Å².